The van der Waals surface area contributed by atoms with Crippen LogP contribution in [-0.2, 0) is 19.1 Å². The van der Waals surface area contributed by atoms with Crippen LogP contribution in [0.1, 0.15) is 13.8 Å². The van der Waals surface area contributed by atoms with E-state index in [0.29, 0.717) is 11.1 Å². The van der Waals surface area contributed by atoms with Crippen LogP contribution in [0.5, 0.6) is 0 Å². The molecule has 2 unspecified atom stereocenters. The van der Waals surface area contributed by atoms with Crippen molar-refractivity contribution < 1.29 is 23.5 Å². The van der Waals surface area contributed by atoms with E-state index < -0.39 is 19.9 Å². The Labute approximate surface area is 187 Å². The van der Waals surface area contributed by atoms with Crippen molar-refractivity contribution in [2.24, 2.45) is 0 Å². The van der Waals surface area contributed by atoms with E-state index in [0.717, 1.165) is 38.7 Å². The Morgan fingerprint density at radius 2 is 1.41 bits per heavy atom. The number of furan rings is 1. The smallest absolute Gasteiger partial charge is 0.335 e. The molecule has 0 fully saturated rings. The third-order valence-corrected chi connectivity index (χ3v) is 9.87. The van der Waals surface area contributed by atoms with Gasteiger partial charge in [-0.3, -0.25) is 0 Å². The molecule has 2 bridgehead atoms. The summed E-state index contributed by atoms with van der Waals surface area (Å²) in [5, 5.41) is 2.14. The van der Waals surface area contributed by atoms with E-state index in [9.17, 15) is 9.59 Å². The fourth-order valence-corrected chi connectivity index (χ4v) is 8.83. The highest BCUT2D eigenvalue weighted by atomic mass is 31.1. The first-order valence-electron chi connectivity index (χ1n) is 10.4. The van der Waals surface area contributed by atoms with Gasteiger partial charge in [-0.05, 0) is 31.3 Å². The number of fused-ring (bicyclic) bond motifs is 3. The van der Waals surface area contributed by atoms with Gasteiger partial charge in [0, 0.05) is 22.3 Å². The molecule has 0 saturated carbocycles. The Morgan fingerprint density at radius 1 is 0.844 bits per heavy atom. The molecule has 162 valence electrons. The van der Waals surface area contributed by atoms with Gasteiger partial charge in [0.2, 0.25) is 0 Å². The van der Waals surface area contributed by atoms with Gasteiger partial charge >= 0.3 is 11.9 Å². The van der Waals surface area contributed by atoms with Gasteiger partial charge < -0.3 is 13.9 Å². The van der Waals surface area contributed by atoms with Crippen molar-refractivity contribution in [3.8, 4) is 11.3 Å². The van der Waals surface area contributed by atoms with Crippen molar-refractivity contribution in [2.45, 2.75) is 25.2 Å². The van der Waals surface area contributed by atoms with E-state index in [4.69, 9.17) is 13.9 Å². The molecule has 0 aliphatic carbocycles. The van der Waals surface area contributed by atoms with Crippen LogP contribution >= 0.6 is 7.92 Å². The predicted molar refractivity (Wildman–Crippen MR) is 125 cm³/mol. The lowest BCUT2D eigenvalue weighted by Gasteiger charge is -2.23. The highest BCUT2D eigenvalue weighted by Crippen LogP contribution is 2.68. The predicted octanol–water partition coefficient (Wildman–Crippen LogP) is 4.95. The number of ether oxygens (including phenoxy) is 2. The highest BCUT2D eigenvalue weighted by Gasteiger charge is 2.55. The molecule has 0 spiro atoms. The Kier molecular flexibility index (Phi) is 5.02. The molecular weight excluding hydrogens is 423 g/mol. The number of carbonyl (C=O) groups excluding carboxylic acids is 2. The molecule has 5 rings (SSSR count). The summed E-state index contributed by atoms with van der Waals surface area (Å²) in [6.07, 6.45) is 0. The topological polar surface area (TPSA) is 65.7 Å². The van der Waals surface area contributed by atoms with Crippen molar-refractivity contribution in [1.29, 1.82) is 0 Å². The molecule has 6 heteroatoms. The number of rotatable bonds is 4. The van der Waals surface area contributed by atoms with Gasteiger partial charge in [-0.2, -0.15) is 0 Å². The molecule has 3 heterocycles. The minimum absolute atomic E-state index is 0.179. The lowest BCUT2D eigenvalue weighted by atomic mass is 9.87. The number of methoxy groups -OCH3 is 2. The van der Waals surface area contributed by atoms with Gasteiger partial charge in [0.15, 0.2) is 0 Å². The van der Waals surface area contributed by atoms with Crippen LogP contribution < -0.4 is 5.30 Å². The zero-order valence-electron chi connectivity index (χ0n) is 18.3. The fraction of sp³-hybridized carbons (Fsp3) is 0.231. The lowest BCUT2D eigenvalue weighted by Crippen LogP contribution is -2.24. The van der Waals surface area contributed by atoms with Gasteiger partial charge in [-0.25, -0.2) is 9.59 Å². The van der Waals surface area contributed by atoms with E-state index in [-0.39, 0.29) is 11.3 Å². The van der Waals surface area contributed by atoms with E-state index >= 15 is 0 Å². The first kappa shape index (κ1) is 20.7. The molecule has 2 atom stereocenters. The summed E-state index contributed by atoms with van der Waals surface area (Å²) in [5.41, 5.74) is 4.61. The Bertz CT molecular complexity index is 1250. The molecule has 32 heavy (non-hydrogen) atoms. The zero-order chi connectivity index (χ0) is 22.6. The second-order valence-corrected chi connectivity index (χ2v) is 10.4. The molecule has 1 aromatic heterocycles. The molecule has 5 nitrogen and oxygen atoms in total. The second kappa shape index (κ2) is 7.75. The van der Waals surface area contributed by atoms with Crippen molar-refractivity contribution in [3.05, 3.63) is 76.9 Å². The number of esters is 2. The maximum Gasteiger partial charge on any atom is 0.335 e. The first-order chi connectivity index (χ1) is 15.5. The first-order valence-corrected chi connectivity index (χ1v) is 11.9. The van der Waals surface area contributed by atoms with E-state index in [1.54, 1.807) is 0 Å². The van der Waals surface area contributed by atoms with Gasteiger partial charge in [0.1, 0.15) is 11.3 Å². The quantitative estimate of drug-likeness (QED) is 0.322. The summed E-state index contributed by atoms with van der Waals surface area (Å²) >= 11 is 0. The van der Waals surface area contributed by atoms with Crippen LogP contribution in [0.4, 0.5) is 0 Å². The third-order valence-electron chi connectivity index (χ3n) is 6.52. The molecule has 0 N–H and O–H groups in total. The summed E-state index contributed by atoms with van der Waals surface area (Å²) in [6.45, 7) is 4.10. The van der Waals surface area contributed by atoms with Gasteiger partial charge in [0.25, 0.3) is 0 Å². The third kappa shape index (κ3) is 2.88. The lowest BCUT2D eigenvalue weighted by molar-refractivity contribution is -0.139. The fourth-order valence-electron chi connectivity index (χ4n) is 4.97. The van der Waals surface area contributed by atoms with Crippen LogP contribution in [0, 0.1) is 0 Å². The Balaban J connectivity index is 1.69. The van der Waals surface area contributed by atoms with Crippen LogP contribution in [0.2, 0.25) is 0 Å². The van der Waals surface area contributed by atoms with Crippen LogP contribution in [-0.4, -0.2) is 37.5 Å². The molecule has 0 amide bonds. The minimum atomic E-state index is -0.969. The van der Waals surface area contributed by atoms with E-state index in [1.165, 1.54) is 14.2 Å². The molecule has 0 saturated heterocycles. The molecule has 3 aromatic rings. The summed E-state index contributed by atoms with van der Waals surface area (Å²) in [7, 11) is 1.74. The molecule has 2 aromatic carbocycles. The molecule has 2 aliphatic rings. The van der Waals surface area contributed by atoms with Crippen molar-refractivity contribution in [2.75, 3.05) is 14.2 Å². The van der Waals surface area contributed by atoms with Gasteiger partial charge in [-0.15, -0.1) is 0 Å². The highest BCUT2D eigenvalue weighted by molar-refractivity contribution is 7.69. The number of allylic oxidation sites excluding steroid dienone is 2. The summed E-state index contributed by atoms with van der Waals surface area (Å²) < 4.78 is 16.4. The molecule has 0 radical (unpaired) electrons. The largest absolute Gasteiger partial charge is 0.466 e. The number of para-hydroxylation sites is 1. The maximum absolute atomic E-state index is 12.8. The maximum atomic E-state index is 12.8. The van der Waals surface area contributed by atoms with Crippen molar-refractivity contribution >= 4 is 36.1 Å². The van der Waals surface area contributed by atoms with Crippen molar-refractivity contribution in [1.82, 2.24) is 0 Å². The second-order valence-electron chi connectivity index (χ2n) is 8.05. The summed E-state index contributed by atoms with van der Waals surface area (Å²) in [6, 6.07) is 18.1. The summed E-state index contributed by atoms with van der Waals surface area (Å²) in [4.78, 5) is 25.6. The standard InChI is InChI=1S/C26H23O5P/c1-14-15(2)24-22(26(28)30-4)21(25(27)29-3)23(14)32(24)20-12-8-6-10-17(20)19-13-16-9-5-7-11-18(16)31-19/h5-13,23-24H,1-4H3. The summed E-state index contributed by atoms with van der Waals surface area (Å²) in [5.74, 6) is -0.137. The van der Waals surface area contributed by atoms with E-state index in [2.05, 4.69) is 19.9 Å². The zero-order valence-corrected chi connectivity index (χ0v) is 19.2. The van der Waals surface area contributed by atoms with Gasteiger partial charge in [-0.1, -0.05) is 61.5 Å². The van der Waals surface area contributed by atoms with E-state index in [1.807, 2.05) is 48.5 Å². The Hall–Kier alpha value is -3.17. The minimum Gasteiger partial charge on any atom is -0.466 e. The number of hydrogen-bond donors (Lipinski definition) is 0. The number of benzene rings is 2. The SMILES string of the molecule is COC(=O)C1=C(C(=O)OC)C2C(C)=C(C)C1P2c1ccccc1-c1cc2ccccc2o1. The molecule has 2 aliphatic heterocycles. The monoisotopic (exact) mass is 446 g/mol. The van der Waals surface area contributed by atoms with Crippen molar-refractivity contribution in [3.63, 3.8) is 0 Å². The van der Waals surface area contributed by atoms with Crippen LogP contribution in [0.25, 0.3) is 22.3 Å². The number of hydrogen-bond acceptors (Lipinski definition) is 5. The van der Waals surface area contributed by atoms with Crippen LogP contribution in [0.3, 0.4) is 0 Å². The number of carbonyl (C=O) groups is 2. The normalized spacial score (nSPS) is 22.1. The average molecular weight is 446 g/mol. The molecular formula is C26H23O5P. The Morgan fingerprint density at radius 3 is 2.00 bits per heavy atom. The van der Waals surface area contributed by atoms with Crippen LogP contribution in [0.15, 0.2) is 81.3 Å². The van der Waals surface area contributed by atoms with Gasteiger partial charge in [0.05, 0.1) is 25.4 Å². The average Bonchev–Trinajstić information content (AvgIpc) is 3.47.